The number of carbonyl (C=O) groups is 2. The van der Waals surface area contributed by atoms with E-state index in [1.807, 2.05) is 30.3 Å². The van der Waals surface area contributed by atoms with Crippen LogP contribution in [-0.2, 0) is 43.4 Å². The Bertz CT molecular complexity index is 1200. The zero-order valence-electron chi connectivity index (χ0n) is 20.3. The van der Waals surface area contributed by atoms with Gasteiger partial charge in [0.15, 0.2) is 6.10 Å². The van der Waals surface area contributed by atoms with Crippen LogP contribution in [0.4, 0.5) is 0 Å². The van der Waals surface area contributed by atoms with Gasteiger partial charge in [-0.15, -0.1) is 0 Å². The van der Waals surface area contributed by atoms with Gasteiger partial charge in [0.2, 0.25) is 0 Å². The molecule has 0 saturated carbocycles. The average molecular weight is 560 g/mol. The molecule has 200 valence electrons. The van der Waals surface area contributed by atoms with Gasteiger partial charge in [0.05, 0.1) is 13.2 Å². The highest BCUT2D eigenvalue weighted by molar-refractivity contribution is 6.35. The second-order valence-corrected chi connectivity index (χ2v) is 9.46. The SMILES string of the molecule is O=C(O)C(Cc1ccc(OCc2c(Cl)cccc2Cl)cc1)NC(=O)C1OCOC1COCc1ccccc1. The molecule has 3 unspecified atom stereocenters. The third kappa shape index (κ3) is 7.69. The maximum absolute atomic E-state index is 12.8. The zero-order chi connectivity index (χ0) is 26.9. The molecule has 0 bridgehead atoms. The number of carbonyl (C=O) groups excluding carboxylic acids is 1. The Balaban J connectivity index is 1.29. The first-order valence-electron chi connectivity index (χ1n) is 11.9. The molecular formula is C28H27Cl2NO7. The Morgan fingerprint density at radius 1 is 0.921 bits per heavy atom. The van der Waals surface area contributed by atoms with Crippen LogP contribution in [0.5, 0.6) is 5.75 Å². The predicted octanol–water partition coefficient (Wildman–Crippen LogP) is 4.64. The minimum Gasteiger partial charge on any atom is -0.489 e. The van der Waals surface area contributed by atoms with E-state index in [2.05, 4.69) is 5.32 Å². The van der Waals surface area contributed by atoms with Crippen molar-refractivity contribution < 1.29 is 33.6 Å². The van der Waals surface area contributed by atoms with Gasteiger partial charge in [0, 0.05) is 22.0 Å². The number of carboxylic acid groups (broad SMARTS) is 1. The molecule has 1 fully saturated rings. The number of benzene rings is 3. The van der Waals surface area contributed by atoms with E-state index in [0.29, 0.717) is 33.5 Å². The number of amides is 1. The van der Waals surface area contributed by atoms with E-state index >= 15 is 0 Å². The van der Waals surface area contributed by atoms with Crippen molar-refractivity contribution in [1.82, 2.24) is 5.32 Å². The fourth-order valence-electron chi connectivity index (χ4n) is 3.88. The fraction of sp³-hybridized carbons (Fsp3) is 0.286. The largest absolute Gasteiger partial charge is 0.489 e. The van der Waals surface area contributed by atoms with E-state index in [4.69, 9.17) is 42.1 Å². The summed E-state index contributed by atoms with van der Waals surface area (Å²) in [6.07, 6.45) is -1.54. The summed E-state index contributed by atoms with van der Waals surface area (Å²) in [5.41, 5.74) is 2.37. The molecule has 2 N–H and O–H groups in total. The van der Waals surface area contributed by atoms with Crippen LogP contribution in [0.3, 0.4) is 0 Å². The average Bonchev–Trinajstić information content (AvgIpc) is 3.38. The number of hydrogen-bond acceptors (Lipinski definition) is 6. The lowest BCUT2D eigenvalue weighted by atomic mass is 10.0. The second-order valence-electron chi connectivity index (χ2n) is 8.65. The molecule has 1 heterocycles. The van der Waals surface area contributed by atoms with Crippen molar-refractivity contribution in [3.8, 4) is 5.75 Å². The number of ether oxygens (including phenoxy) is 4. The van der Waals surface area contributed by atoms with Crippen LogP contribution in [0.2, 0.25) is 10.0 Å². The van der Waals surface area contributed by atoms with E-state index in [9.17, 15) is 14.7 Å². The molecule has 1 saturated heterocycles. The topological polar surface area (TPSA) is 103 Å². The summed E-state index contributed by atoms with van der Waals surface area (Å²) >= 11 is 12.4. The molecule has 0 aliphatic carbocycles. The minimum absolute atomic E-state index is 0.0699. The molecule has 0 aromatic heterocycles. The second kappa shape index (κ2) is 13.6. The molecule has 10 heteroatoms. The van der Waals surface area contributed by atoms with E-state index < -0.39 is 30.1 Å². The first kappa shape index (κ1) is 27.9. The van der Waals surface area contributed by atoms with Crippen LogP contribution < -0.4 is 10.1 Å². The molecule has 1 amide bonds. The smallest absolute Gasteiger partial charge is 0.326 e. The van der Waals surface area contributed by atoms with Crippen molar-refractivity contribution >= 4 is 35.1 Å². The summed E-state index contributed by atoms with van der Waals surface area (Å²) in [5.74, 6) is -1.17. The monoisotopic (exact) mass is 559 g/mol. The summed E-state index contributed by atoms with van der Waals surface area (Å²) in [6.45, 7) is 0.602. The number of hydrogen-bond donors (Lipinski definition) is 2. The standard InChI is InChI=1S/C28H27Cl2NO7/c29-22-7-4-8-23(30)21(22)15-36-20-11-9-18(10-12-20)13-24(28(33)34)31-27(32)26-25(37-17-38-26)16-35-14-19-5-2-1-3-6-19/h1-12,24-26H,13-17H2,(H,31,32)(H,33,34). The predicted molar refractivity (Wildman–Crippen MR) is 141 cm³/mol. The quantitative estimate of drug-likeness (QED) is 0.333. The molecule has 4 rings (SSSR count). The third-order valence-corrected chi connectivity index (χ3v) is 6.65. The normalized spacial score (nSPS) is 17.6. The molecule has 8 nitrogen and oxygen atoms in total. The van der Waals surface area contributed by atoms with Crippen LogP contribution in [-0.4, -0.2) is 48.6 Å². The number of rotatable bonds is 12. The molecule has 0 spiro atoms. The van der Waals surface area contributed by atoms with Crippen molar-refractivity contribution in [3.05, 3.63) is 99.5 Å². The van der Waals surface area contributed by atoms with Crippen molar-refractivity contribution in [2.75, 3.05) is 13.4 Å². The minimum atomic E-state index is -1.16. The fourth-order valence-corrected chi connectivity index (χ4v) is 4.39. The van der Waals surface area contributed by atoms with Crippen LogP contribution in [0.25, 0.3) is 0 Å². The Morgan fingerprint density at radius 2 is 1.63 bits per heavy atom. The van der Waals surface area contributed by atoms with E-state index in [1.54, 1.807) is 42.5 Å². The van der Waals surface area contributed by atoms with Gasteiger partial charge in [-0.2, -0.15) is 0 Å². The van der Waals surface area contributed by atoms with E-state index in [0.717, 1.165) is 5.56 Å². The summed E-state index contributed by atoms with van der Waals surface area (Å²) in [4.78, 5) is 24.7. The molecule has 3 atom stereocenters. The Labute approximate surface area is 230 Å². The molecule has 0 radical (unpaired) electrons. The molecule has 38 heavy (non-hydrogen) atoms. The van der Waals surface area contributed by atoms with Crippen LogP contribution in [0.1, 0.15) is 16.7 Å². The van der Waals surface area contributed by atoms with Crippen LogP contribution in [0, 0.1) is 0 Å². The molecule has 1 aliphatic rings. The lowest BCUT2D eigenvalue weighted by Crippen LogP contribution is -2.49. The van der Waals surface area contributed by atoms with Crippen molar-refractivity contribution in [1.29, 1.82) is 0 Å². The summed E-state index contributed by atoms with van der Waals surface area (Å²) in [6, 6.07) is 20.6. The lowest BCUT2D eigenvalue weighted by molar-refractivity contribution is -0.144. The lowest BCUT2D eigenvalue weighted by Gasteiger charge is -2.20. The van der Waals surface area contributed by atoms with Gasteiger partial charge in [-0.1, -0.05) is 71.7 Å². The molecule has 3 aromatic rings. The van der Waals surface area contributed by atoms with Gasteiger partial charge in [-0.3, -0.25) is 4.79 Å². The summed E-state index contributed by atoms with van der Waals surface area (Å²) in [7, 11) is 0. The van der Waals surface area contributed by atoms with Gasteiger partial charge in [0.1, 0.15) is 31.3 Å². The van der Waals surface area contributed by atoms with Crippen molar-refractivity contribution in [3.63, 3.8) is 0 Å². The summed E-state index contributed by atoms with van der Waals surface area (Å²) in [5, 5.41) is 13.3. The number of halogens is 2. The number of aliphatic carboxylic acids is 1. The highest BCUT2D eigenvalue weighted by Crippen LogP contribution is 2.26. The van der Waals surface area contributed by atoms with Crippen molar-refractivity contribution in [2.45, 2.75) is 37.9 Å². The number of carboxylic acids is 1. The Morgan fingerprint density at radius 3 is 2.32 bits per heavy atom. The summed E-state index contributed by atoms with van der Waals surface area (Å²) < 4.78 is 22.3. The highest BCUT2D eigenvalue weighted by Gasteiger charge is 2.37. The van der Waals surface area contributed by atoms with Gasteiger partial charge < -0.3 is 29.4 Å². The highest BCUT2D eigenvalue weighted by atomic mass is 35.5. The van der Waals surface area contributed by atoms with Crippen molar-refractivity contribution in [2.24, 2.45) is 0 Å². The van der Waals surface area contributed by atoms with Gasteiger partial charge in [-0.05, 0) is 35.4 Å². The first-order chi connectivity index (χ1) is 18.4. The Hall–Kier alpha value is -3.14. The number of nitrogens with one attached hydrogen (secondary N) is 1. The maximum atomic E-state index is 12.8. The first-order valence-corrected chi connectivity index (χ1v) is 12.7. The zero-order valence-corrected chi connectivity index (χ0v) is 21.9. The third-order valence-electron chi connectivity index (χ3n) is 5.94. The van der Waals surface area contributed by atoms with Crippen LogP contribution in [0.15, 0.2) is 72.8 Å². The van der Waals surface area contributed by atoms with Gasteiger partial charge in [-0.25, -0.2) is 4.79 Å². The maximum Gasteiger partial charge on any atom is 0.326 e. The van der Waals surface area contributed by atoms with Gasteiger partial charge >= 0.3 is 5.97 Å². The van der Waals surface area contributed by atoms with E-state index in [-0.39, 0.29) is 26.4 Å². The molecular weight excluding hydrogens is 533 g/mol. The Kier molecular flexibility index (Phi) is 9.98. The molecule has 1 aliphatic heterocycles. The van der Waals surface area contributed by atoms with E-state index in [1.165, 1.54) is 0 Å². The van der Waals surface area contributed by atoms with Gasteiger partial charge in [0.25, 0.3) is 5.91 Å². The molecule has 3 aromatic carbocycles. The van der Waals surface area contributed by atoms with Crippen LogP contribution >= 0.6 is 23.2 Å².